The first-order valence-electron chi connectivity index (χ1n) is 23.4. The van der Waals surface area contributed by atoms with Crippen LogP contribution in [0, 0.1) is 46.7 Å². The highest BCUT2D eigenvalue weighted by molar-refractivity contribution is 6.31. The first-order chi connectivity index (χ1) is 31.0. The Kier molecular flexibility index (Phi) is 13.1. The summed E-state index contributed by atoms with van der Waals surface area (Å²) in [7, 11) is 0. The summed E-state index contributed by atoms with van der Waals surface area (Å²) < 4.78 is 21.7. The number of ketones is 3. The van der Waals surface area contributed by atoms with E-state index in [4.69, 9.17) is 26.6 Å². The predicted octanol–water partition coefficient (Wildman–Crippen LogP) is 7.78. The smallest absolute Gasteiger partial charge is 0.229 e. The first kappa shape index (κ1) is 44.0. The molecule has 3 aliphatic heterocycles. The molecule has 6 aliphatic rings. The number of aromatic nitrogens is 1. The number of halogens is 2. The fourth-order valence-corrected chi connectivity index (χ4v) is 11.3. The molecule has 9 rings (SSSR count). The number of ether oxygens (including phenoxy) is 1. The Morgan fingerprint density at radius 2 is 1.48 bits per heavy atom. The zero-order valence-electron chi connectivity index (χ0n) is 36.3. The van der Waals surface area contributed by atoms with Gasteiger partial charge in [0.2, 0.25) is 11.8 Å². The van der Waals surface area contributed by atoms with E-state index in [2.05, 4.69) is 21.2 Å². The van der Waals surface area contributed by atoms with Gasteiger partial charge >= 0.3 is 0 Å². The molecule has 14 heteroatoms. The van der Waals surface area contributed by atoms with Gasteiger partial charge in [-0.25, -0.2) is 9.37 Å². The highest BCUT2D eigenvalue weighted by Crippen LogP contribution is 2.38. The Bertz CT molecular complexity index is 2360. The quantitative estimate of drug-likeness (QED) is 0.188. The molecule has 12 nitrogen and oxygen atoms in total. The van der Waals surface area contributed by atoms with Crippen molar-refractivity contribution in [2.24, 2.45) is 29.6 Å². The number of carbonyl (C=O) groups excluding carboxylic acids is 5. The van der Waals surface area contributed by atoms with Crippen molar-refractivity contribution < 1.29 is 33.1 Å². The molecule has 1 N–H and O–H groups in total. The number of nitrogens with one attached hydrogen (secondary N) is 1. The van der Waals surface area contributed by atoms with Crippen LogP contribution in [0.3, 0.4) is 0 Å². The van der Waals surface area contributed by atoms with Gasteiger partial charge in [0.15, 0.2) is 17.3 Å². The van der Waals surface area contributed by atoms with Gasteiger partial charge in [0.05, 0.1) is 28.1 Å². The number of pyridine rings is 1. The van der Waals surface area contributed by atoms with Crippen LogP contribution in [-0.4, -0.2) is 91.0 Å². The molecule has 4 heterocycles. The average Bonchev–Trinajstić information content (AvgIpc) is 3.29. The van der Waals surface area contributed by atoms with Crippen LogP contribution in [0.5, 0.6) is 5.75 Å². The number of piperidine rings is 2. The van der Waals surface area contributed by atoms with E-state index >= 15 is 4.39 Å². The Balaban J connectivity index is 0.715. The molecule has 3 saturated heterocycles. The summed E-state index contributed by atoms with van der Waals surface area (Å²) in [5.74, 6) is 0.415. The lowest BCUT2D eigenvalue weighted by atomic mass is 9.75. The van der Waals surface area contributed by atoms with Crippen molar-refractivity contribution in [1.29, 1.82) is 5.26 Å². The topological polar surface area (TPSA) is 153 Å². The number of piperazine rings is 1. The van der Waals surface area contributed by atoms with Gasteiger partial charge in [-0.05, 0) is 125 Å². The molecule has 4 fully saturated rings. The fraction of sp³-hybridized carbons (Fsp3) is 0.540. The van der Waals surface area contributed by atoms with Crippen molar-refractivity contribution in [3.8, 4) is 11.8 Å². The molecule has 3 unspecified atom stereocenters. The summed E-state index contributed by atoms with van der Waals surface area (Å²) in [5.41, 5.74) is 2.92. The number of hydrogen-bond donors (Lipinski definition) is 1. The number of rotatable bonds is 11. The number of benzene rings is 2. The van der Waals surface area contributed by atoms with Crippen molar-refractivity contribution in [2.45, 2.75) is 96.0 Å². The van der Waals surface area contributed by atoms with Gasteiger partial charge in [0.1, 0.15) is 23.5 Å². The fourth-order valence-electron chi connectivity index (χ4n) is 11.1. The number of amides is 2. The monoisotopic (exact) mass is 890 g/mol. The summed E-state index contributed by atoms with van der Waals surface area (Å²) >= 11 is 6.20. The van der Waals surface area contributed by atoms with Crippen LogP contribution < -0.4 is 19.9 Å². The third-order valence-corrected chi connectivity index (χ3v) is 15.3. The average molecular weight is 891 g/mol. The van der Waals surface area contributed by atoms with Gasteiger partial charge in [-0.1, -0.05) is 11.6 Å². The number of fused-ring (bicyclic) bond motifs is 2. The van der Waals surface area contributed by atoms with E-state index in [1.807, 2.05) is 17.0 Å². The van der Waals surface area contributed by atoms with Crippen LogP contribution in [0.15, 0.2) is 42.5 Å². The molecule has 2 aromatic carbocycles. The highest BCUT2D eigenvalue weighted by atomic mass is 35.5. The summed E-state index contributed by atoms with van der Waals surface area (Å²) in [4.78, 5) is 76.1. The van der Waals surface area contributed by atoms with Gasteiger partial charge in [0, 0.05) is 99.2 Å². The second-order valence-corrected chi connectivity index (χ2v) is 19.4. The van der Waals surface area contributed by atoms with Crippen LogP contribution >= 0.6 is 11.6 Å². The van der Waals surface area contributed by atoms with E-state index in [1.165, 1.54) is 6.07 Å². The SMILES string of the molecule is N#Cc1ccc(O[C@H]2CC[C@H](CC3CCc4nc(N5CCN(CC6CCN(c7cc8c(cc7F)C(=O)CC(CCC7CCC(=O)NC7=O)C8=O)CC6)CC5)ccc4C3=O)CC2)cc1Cl. The van der Waals surface area contributed by atoms with Crippen molar-refractivity contribution >= 4 is 52.3 Å². The van der Waals surface area contributed by atoms with Crippen LogP contribution in [-0.2, 0) is 16.0 Å². The van der Waals surface area contributed by atoms with Crippen molar-refractivity contribution in [3.63, 3.8) is 0 Å². The molecule has 3 atom stereocenters. The van der Waals surface area contributed by atoms with E-state index in [9.17, 15) is 24.0 Å². The van der Waals surface area contributed by atoms with Crippen LogP contribution in [0.4, 0.5) is 15.9 Å². The van der Waals surface area contributed by atoms with E-state index in [0.717, 1.165) is 108 Å². The van der Waals surface area contributed by atoms with Crippen molar-refractivity contribution in [3.05, 3.63) is 81.3 Å². The van der Waals surface area contributed by atoms with Gasteiger partial charge in [-0.3, -0.25) is 34.2 Å². The van der Waals surface area contributed by atoms with Gasteiger partial charge in [-0.15, -0.1) is 0 Å². The number of hydrogen-bond acceptors (Lipinski definition) is 11. The lowest BCUT2D eigenvalue weighted by molar-refractivity contribution is -0.136. The maximum Gasteiger partial charge on any atom is 0.229 e. The molecule has 2 amide bonds. The lowest BCUT2D eigenvalue weighted by Gasteiger charge is -2.40. The molecule has 1 aromatic heterocycles. The van der Waals surface area contributed by atoms with E-state index in [1.54, 1.807) is 24.3 Å². The third kappa shape index (κ3) is 9.59. The minimum atomic E-state index is -0.561. The van der Waals surface area contributed by atoms with E-state index in [0.29, 0.717) is 66.2 Å². The molecule has 64 heavy (non-hydrogen) atoms. The number of Topliss-reactive ketones (excluding diaryl/α,β-unsaturated/α-hetero) is 3. The number of aryl methyl sites for hydroxylation is 1. The second-order valence-electron chi connectivity index (χ2n) is 19.0. The first-order valence-corrected chi connectivity index (χ1v) is 23.7. The van der Waals surface area contributed by atoms with Gasteiger partial charge in [0.25, 0.3) is 0 Å². The normalized spacial score (nSPS) is 25.7. The highest BCUT2D eigenvalue weighted by Gasteiger charge is 2.37. The van der Waals surface area contributed by atoms with Crippen LogP contribution in [0.1, 0.15) is 126 Å². The molecule has 3 aliphatic carbocycles. The standard InChI is InChI=1S/C50H56ClFN6O6/c51-41-25-37(10-5-35(41)28-53)64-36-8-1-30(2-9-36)23-33-6-12-43-38(48(33)61)11-13-46(54-43)58-21-19-56(20-22-58)29-31-15-17-57(18-16-31)44-27-40-39(26-42(44)52)45(59)24-34(49(40)62)4-3-32-7-14-47(60)55-50(32)63/h5,10-11,13,25-27,30-34,36H,1-4,6-9,12,14-24,29H2,(H,55,60,63)/t30-,32?,33?,34?,36-. The zero-order chi connectivity index (χ0) is 44.5. The Morgan fingerprint density at radius 1 is 0.750 bits per heavy atom. The molecule has 336 valence electrons. The van der Waals surface area contributed by atoms with E-state index in [-0.39, 0.29) is 71.1 Å². The number of imide groups is 1. The molecule has 0 bridgehead atoms. The van der Waals surface area contributed by atoms with E-state index < -0.39 is 11.7 Å². The molecule has 3 aromatic rings. The number of anilines is 2. The Hall–Kier alpha value is -5.19. The minimum Gasteiger partial charge on any atom is -0.490 e. The maximum atomic E-state index is 15.6. The summed E-state index contributed by atoms with van der Waals surface area (Å²) in [6.07, 6.45) is 9.87. The number of nitrogens with zero attached hydrogens (tertiary/aromatic N) is 5. The minimum absolute atomic E-state index is 0.00431. The number of carbonyl (C=O) groups is 5. The summed E-state index contributed by atoms with van der Waals surface area (Å²) in [6.45, 7) is 5.81. The summed E-state index contributed by atoms with van der Waals surface area (Å²) in [6, 6.07) is 14.1. The summed E-state index contributed by atoms with van der Waals surface area (Å²) in [5, 5.41) is 11.9. The number of nitriles is 1. The molecule has 1 saturated carbocycles. The lowest BCUT2D eigenvalue weighted by Crippen LogP contribution is -2.49. The predicted molar refractivity (Wildman–Crippen MR) is 239 cm³/mol. The maximum absolute atomic E-state index is 15.6. The Labute approximate surface area is 378 Å². The van der Waals surface area contributed by atoms with Crippen LogP contribution in [0.2, 0.25) is 5.02 Å². The van der Waals surface area contributed by atoms with Crippen molar-refractivity contribution in [1.82, 2.24) is 15.2 Å². The molecular formula is C50H56ClFN6O6. The third-order valence-electron chi connectivity index (χ3n) is 14.9. The Morgan fingerprint density at radius 3 is 2.22 bits per heavy atom. The van der Waals surface area contributed by atoms with Gasteiger partial charge in [-0.2, -0.15) is 5.26 Å². The molecule has 0 spiro atoms. The molecular weight excluding hydrogens is 835 g/mol. The zero-order valence-corrected chi connectivity index (χ0v) is 37.1. The van der Waals surface area contributed by atoms with Crippen molar-refractivity contribution in [2.75, 3.05) is 55.6 Å². The largest absolute Gasteiger partial charge is 0.490 e. The second kappa shape index (κ2) is 19.1. The molecule has 0 radical (unpaired) electrons. The van der Waals surface area contributed by atoms with Gasteiger partial charge < -0.3 is 14.5 Å². The van der Waals surface area contributed by atoms with Crippen LogP contribution in [0.25, 0.3) is 0 Å².